The molecule has 0 spiro atoms. The van der Waals surface area contributed by atoms with Crippen LogP contribution in [0.2, 0.25) is 5.02 Å². The van der Waals surface area contributed by atoms with Crippen LogP contribution in [-0.2, 0) is 0 Å². The summed E-state index contributed by atoms with van der Waals surface area (Å²) in [6.45, 7) is 0. The molecule has 5 nitrogen and oxygen atoms in total. The molecule has 5 rings (SSSR count). The Morgan fingerprint density at radius 3 is 2.41 bits per heavy atom. The fraction of sp³-hybridized carbons (Fsp3) is 0. The minimum atomic E-state index is -0.263. The van der Waals surface area contributed by atoms with Crippen LogP contribution < -0.4 is 10.1 Å². The zero-order valence-corrected chi connectivity index (χ0v) is 17.6. The number of benzene rings is 4. The maximum atomic E-state index is 12.9. The second-order valence-electron chi connectivity index (χ2n) is 7.19. The first-order valence-corrected chi connectivity index (χ1v) is 10.4. The molecule has 0 saturated carbocycles. The first-order chi connectivity index (χ1) is 15.7. The maximum Gasteiger partial charge on any atom is 0.255 e. The summed E-state index contributed by atoms with van der Waals surface area (Å²) < 4.78 is 5.92. The van der Waals surface area contributed by atoms with E-state index in [4.69, 9.17) is 16.3 Å². The highest BCUT2D eigenvalue weighted by molar-refractivity contribution is 6.31. The lowest BCUT2D eigenvalue weighted by atomic mass is 10.1. The Morgan fingerprint density at radius 2 is 1.62 bits per heavy atom. The minimum absolute atomic E-state index is 0.263. The molecule has 0 radical (unpaired) electrons. The number of ether oxygens (including phenoxy) is 1. The number of carbonyl (C=O) groups excluding carboxylic acids is 1. The average Bonchev–Trinajstić information content (AvgIpc) is 3.26. The van der Waals surface area contributed by atoms with Crippen molar-refractivity contribution >= 4 is 34.2 Å². The number of rotatable bonds is 5. The Bertz CT molecular complexity index is 1360. The second kappa shape index (κ2) is 8.57. The van der Waals surface area contributed by atoms with Gasteiger partial charge < -0.3 is 15.0 Å². The van der Waals surface area contributed by atoms with E-state index in [0.717, 1.165) is 22.4 Å². The summed E-state index contributed by atoms with van der Waals surface area (Å²) >= 11 is 6.15. The average molecular weight is 440 g/mol. The van der Waals surface area contributed by atoms with Crippen LogP contribution in [0.4, 0.5) is 5.69 Å². The molecular formula is C26H18ClN3O2. The van der Waals surface area contributed by atoms with Gasteiger partial charge in [-0.1, -0.05) is 54.1 Å². The number of nitrogens with one attached hydrogen (secondary N) is 2. The third-order valence-electron chi connectivity index (χ3n) is 4.97. The van der Waals surface area contributed by atoms with Crippen molar-refractivity contribution in [1.82, 2.24) is 9.97 Å². The number of halogens is 1. The third-order valence-corrected chi connectivity index (χ3v) is 5.21. The van der Waals surface area contributed by atoms with E-state index < -0.39 is 0 Å². The number of hydrogen-bond donors (Lipinski definition) is 2. The summed E-state index contributed by atoms with van der Waals surface area (Å²) in [5, 5.41) is 3.40. The van der Waals surface area contributed by atoms with Crippen molar-refractivity contribution in [3.63, 3.8) is 0 Å². The number of anilines is 1. The molecule has 6 heteroatoms. The molecular weight excluding hydrogens is 422 g/mol. The van der Waals surface area contributed by atoms with E-state index in [2.05, 4.69) is 15.3 Å². The molecule has 1 amide bonds. The third kappa shape index (κ3) is 4.19. The number of imidazole rings is 1. The van der Waals surface area contributed by atoms with Crippen LogP contribution in [0.5, 0.6) is 11.5 Å². The Morgan fingerprint density at radius 1 is 0.875 bits per heavy atom. The van der Waals surface area contributed by atoms with Gasteiger partial charge in [-0.15, -0.1) is 0 Å². The highest BCUT2D eigenvalue weighted by Crippen LogP contribution is 2.32. The summed E-state index contributed by atoms with van der Waals surface area (Å²) in [6, 6.07) is 29.6. The SMILES string of the molecule is O=C(Nc1cc(Cl)ccc1Oc1ccccc1)c1ccc(-c2nc3ccccc3[nH]2)cc1. The number of para-hydroxylation sites is 3. The van der Waals surface area contributed by atoms with Crippen LogP contribution in [0.3, 0.4) is 0 Å². The molecule has 0 bridgehead atoms. The summed E-state index contributed by atoms with van der Waals surface area (Å²) in [4.78, 5) is 20.8. The van der Waals surface area contributed by atoms with Gasteiger partial charge in [-0.25, -0.2) is 4.98 Å². The Labute approximate surface area is 189 Å². The quantitative estimate of drug-likeness (QED) is 0.312. The molecule has 156 valence electrons. The van der Waals surface area contributed by atoms with Gasteiger partial charge in [-0.2, -0.15) is 0 Å². The van der Waals surface area contributed by atoms with Gasteiger partial charge in [-0.05, 0) is 54.6 Å². The van der Waals surface area contributed by atoms with Crippen LogP contribution >= 0.6 is 11.6 Å². The van der Waals surface area contributed by atoms with Crippen molar-refractivity contribution in [3.8, 4) is 22.9 Å². The van der Waals surface area contributed by atoms with Crippen LogP contribution in [0.25, 0.3) is 22.4 Å². The molecule has 0 aliphatic rings. The van der Waals surface area contributed by atoms with Crippen LogP contribution in [0.1, 0.15) is 10.4 Å². The van der Waals surface area contributed by atoms with Crippen molar-refractivity contribution in [1.29, 1.82) is 0 Å². The van der Waals surface area contributed by atoms with Crippen molar-refractivity contribution in [3.05, 3.63) is 108 Å². The summed E-state index contributed by atoms with van der Waals surface area (Å²) in [7, 11) is 0. The molecule has 0 aliphatic carbocycles. The Hall–Kier alpha value is -4.09. The minimum Gasteiger partial charge on any atom is -0.455 e. The van der Waals surface area contributed by atoms with Gasteiger partial charge in [0.05, 0.1) is 16.7 Å². The van der Waals surface area contributed by atoms with Crippen molar-refractivity contribution < 1.29 is 9.53 Å². The molecule has 1 aromatic heterocycles. The van der Waals surface area contributed by atoms with Crippen molar-refractivity contribution in [2.45, 2.75) is 0 Å². The number of nitrogens with zero attached hydrogens (tertiary/aromatic N) is 1. The van der Waals surface area contributed by atoms with Gasteiger partial charge in [0.1, 0.15) is 11.6 Å². The second-order valence-corrected chi connectivity index (χ2v) is 7.63. The van der Waals surface area contributed by atoms with Crippen LogP contribution in [0, 0.1) is 0 Å². The number of fused-ring (bicyclic) bond motifs is 1. The fourth-order valence-corrected chi connectivity index (χ4v) is 3.54. The molecule has 0 aliphatic heterocycles. The highest BCUT2D eigenvalue weighted by Gasteiger charge is 2.13. The molecule has 0 unspecified atom stereocenters. The lowest BCUT2D eigenvalue weighted by Crippen LogP contribution is -2.12. The van der Waals surface area contributed by atoms with E-state index >= 15 is 0 Å². The molecule has 0 saturated heterocycles. The highest BCUT2D eigenvalue weighted by atomic mass is 35.5. The lowest BCUT2D eigenvalue weighted by molar-refractivity contribution is 0.102. The number of H-pyrrole nitrogens is 1. The molecule has 32 heavy (non-hydrogen) atoms. The van der Waals surface area contributed by atoms with Crippen molar-refractivity contribution in [2.24, 2.45) is 0 Å². The smallest absolute Gasteiger partial charge is 0.255 e. The van der Waals surface area contributed by atoms with E-state index in [1.807, 2.05) is 66.7 Å². The number of hydrogen-bond acceptors (Lipinski definition) is 3. The number of aromatic amines is 1. The van der Waals surface area contributed by atoms with Gasteiger partial charge >= 0.3 is 0 Å². The summed E-state index contributed by atoms with van der Waals surface area (Å²) in [5.41, 5.74) is 3.77. The largest absolute Gasteiger partial charge is 0.455 e. The topological polar surface area (TPSA) is 67.0 Å². The van der Waals surface area contributed by atoms with Crippen LogP contribution in [-0.4, -0.2) is 15.9 Å². The Kier molecular flexibility index (Phi) is 5.32. The first-order valence-electron chi connectivity index (χ1n) is 10.0. The number of aromatic nitrogens is 2. The first kappa shape index (κ1) is 19.8. The molecule has 0 atom stereocenters. The van der Waals surface area contributed by atoms with E-state index in [9.17, 15) is 4.79 Å². The standard InChI is InChI=1S/C26H18ClN3O2/c27-19-14-15-24(32-20-6-2-1-3-7-20)23(16-19)30-26(31)18-12-10-17(11-13-18)25-28-21-8-4-5-9-22(21)29-25/h1-16H,(H,28,29)(H,30,31). The van der Waals surface area contributed by atoms with E-state index in [-0.39, 0.29) is 5.91 Å². The maximum absolute atomic E-state index is 12.9. The summed E-state index contributed by atoms with van der Waals surface area (Å²) in [6.07, 6.45) is 0. The van der Waals surface area contributed by atoms with Gasteiger partial charge in [0, 0.05) is 16.1 Å². The fourth-order valence-electron chi connectivity index (χ4n) is 3.37. The number of amides is 1. The molecule has 5 aromatic rings. The Balaban J connectivity index is 1.36. The van der Waals surface area contributed by atoms with E-state index in [1.54, 1.807) is 30.3 Å². The monoisotopic (exact) mass is 439 g/mol. The lowest BCUT2D eigenvalue weighted by Gasteiger charge is -2.13. The zero-order chi connectivity index (χ0) is 21.9. The molecule has 0 fully saturated rings. The molecule has 2 N–H and O–H groups in total. The van der Waals surface area contributed by atoms with Gasteiger partial charge in [0.2, 0.25) is 0 Å². The van der Waals surface area contributed by atoms with Crippen molar-refractivity contribution in [2.75, 3.05) is 5.32 Å². The van der Waals surface area contributed by atoms with Gasteiger partial charge in [0.15, 0.2) is 5.75 Å². The van der Waals surface area contributed by atoms with Crippen LogP contribution in [0.15, 0.2) is 97.1 Å². The molecule has 4 aromatic carbocycles. The predicted molar refractivity (Wildman–Crippen MR) is 127 cm³/mol. The normalized spacial score (nSPS) is 10.8. The van der Waals surface area contributed by atoms with Gasteiger partial charge in [0.25, 0.3) is 5.91 Å². The summed E-state index contributed by atoms with van der Waals surface area (Å²) in [5.74, 6) is 1.67. The predicted octanol–water partition coefficient (Wildman–Crippen LogP) is 6.93. The van der Waals surface area contributed by atoms with E-state index in [1.165, 1.54) is 0 Å². The number of carbonyl (C=O) groups is 1. The zero-order valence-electron chi connectivity index (χ0n) is 16.9. The van der Waals surface area contributed by atoms with Gasteiger partial charge in [-0.3, -0.25) is 4.79 Å². The van der Waals surface area contributed by atoms with E-state index in [0.29, 0.717) is 27.8 Å². The molecule has 1 heterocycles.